The number of hydrogen-bond donors (Lipinski definition) is 3. The molecular weight excluding hydrogens is 208 g/mol. The average Bonchev–Trinajstić information content (AvgIpc) is 2.57. The number of carbonyl (C=O) groups excluding carboxylic acids is 2. The fourth-order valence-corrected chi connectivity index (χ4v) is 1.57. The molecule has 3 N–H and O–H groups in total. The molecule has 1 saturated heterocycles. The third-order valence-electron chi connectivity index (χ3n) is 2.46. The smallest absolute Gasteiger partial charge is 0.244 e. The van der Waals surface area contributed by atoms with Crippen molar-refractivity contribution in [2.45, 2.75) is 19.0 Å². The van der Waals surface area contributed by atoms with Gasteiger partial charge in [0.1, 0.15) is 5.75 Å². The zero-order valence-corrected chi connectivity index (χ0v) is 8.56. The number of imide groups is 1. The Balaban J connectivity index is 1.90. The summed E-state index contributed by atoms with van der Waals surface area (Å²) in [6.07, 6.45) is 0.191. The lowest BCUT2D eigenvalue weighted by Gasteiger charge is -2.08. The molecule has 1 unspecified atom stereocenters. The van der Waals surface area contributed by atoms with Crippen molar-refractivity contribution in [2.75, 3.05) is 0 Å². The summed E-state index contributed by atoms with van der Waals surface area (Å²) < 4.78 is 0. The van der Waals surface area contributed by atoms with Gasteiger partial charge in [0.05, 0.1) is 12.5 Å². The SMILES string of the molecule is O=C1CC(NCc2ccc(O)cc2)C(=O)N1. The largest absolute Gasteiger partial charge is 0.508 e. The fraction of sp³-hybridized carbons (Fsp3) is 0.273. The van der Waals surface area contributed by atoms with Crippen LogP contribution in [0.2, 0.25) is 0 Å². The first-order valence-corrected chi connectivity index (χ1v) is 5.00. The van der Waals surface area contributed by atoms with E-state index in [1.54, 1.807) is 24.3 Å². The highest BCUT2D eigenvalue weighted by Gasteiger charge is 2.29. The number of phenolic OH excluding ortho intramolecular Hbond substituents is 1. The van der Waals surface area contributed by atoms with Crippen LogP contribution in [-0.4, -0.2) is 23.0 Å². The Hall–Kier alpha value is -1.88. The molecule has 5 heteroatoms. The maximum Gasteiger partial charge on any atom is 0.244 e. The lowest BCUT2D eigenvalue weighted by atomic mass is 10.2. The first kappa shape index (κ1) is 10.6. The van der Waals surface area contributed by atoms with Crippen molar-refractivity contribution >= 4 is 11.8 Å². The summed E-state index contributed by atoms with van der Waals surface area (Å²) in [6, 6.07) is 6.24. The Bertz CT molecular complexity index is 414. The molecule has 1 atom stereocenters. The van der Waals surface area contributed by atoms with E-state index in [0.717, 1.165) is 5.56 Å². The van der Waals surface area contributed by atoms with Crippen molar-refractivity contribution in [1.82, 2.24) is 10.6 Å². The molecular formula is C11H12N2O3. The van der Waals surface area contributed by atoms with Gasteiger partial charge in [0.25, 0.3) is 0 Å². The molecule has 1 aromatic rings. The molecule has 16 heavy (non-hydrogen) atoms. The molecule has 0 bridgehead atoms. The molecule has 0 radical (unpaired) electrons. The highest BCUT2D eigenvalue weighted by molar-refractivity contribution is 6.05. The first-order chi connectivity index (χ1) is 7.65. The Morgan fingerprint density at radius 3 is 2.56 bits per heavy atom. The Kier molecular flexibility index (Phi) is 2.87. The molecule has 0 saturated carbocycles. The summed E-state index contributed by atoms with van der Waals surface area (Å²) in [6.45, 7) is 0.492. The average molecular weight is 220 g/mol. The van der Waals surface area contributed by atoms with Crippen LogP contribution >= 0.6 is 0 Å². The number of amides is 2. The normalized spacial score (nSPS) is 19.9. The fourth-order valence-electron chi connectivity index (χ4n) is 1.57. The molecule has 1 fully saturated rings. The molecule has 1 aliphatic rings. The number of hydrogen-bond acceptors (Lipinski definition) is 4. The Labute approximate surface area is 92.5 Å². The Morgan fingerprint density at radius 1 is 1.31 bits per heavy atom. The number of benzene rings is 1. The van der Waals surface area contributed by atoms with Crippen molar-refractivity contribution < 1.29 is 14.7 Å². The summed E-state index contributed by atoms with van der Waals surface area (Å²) in [5.74, 6) is -0.311. The van der Waals surface area contributed by atoms with Gasteiger partial charge in [-0.2, -0.15) is 0 Å². The van der Waals surface area contributed by atoms with E-state index in [1.165, 1.54) is 0 Å². The number of nitrogens with one attached hydrogen (secondary N) is 2. The van der Waals surface area contributed by atoms with Gasteiger partial charge in [-0.25, -0.2) is 0 Å². The van der Waals surface area contributed by atoms with Crippen molar-refractivity contribution in [2.24, 2.45) is 0 Å². The molecule has 0 aromatic heterocycles. The number of carbonyl (C=O) groups is 2. The summed E-state index contributed by atoms with van der Waals surface area (Å²) in [5.41, 5.74) is 0.949. The van der Waals surface area contributed by atoms with E-state index < -0.39 is 6.04 Å². The van der Waals surface area contributed by atoms with Gasteiger partial charge in [-0.1, -0.05) is 12.1 Å². The van der Waals surface area contributed by atoms with Crippen LogP contribution in [0.25, 0.3) is 0 Å². The zero-order valence-electron chi connectivity index (χ0n) is 8.56. The highest BCUT2D eigenvalue weighted by Crippen LogP contribution is 2.10. The number of aromatic hydroxyl groups is 1. The molecule has 1 heterocycles. The van der Waals surface area contributed by atoms with Crippen LogP contribution in [0, 0.1) is 0 Å². The predicted octanol–water partition coefficient (Wildman–Crippen LogP) is -0.103. The van der Waals surface area contributed by atoms with Gasteiger partial charge in [0.2, 0.25) is 11.8 Å². The van der Waals surface area contributed by atoms with Gasteiger partial charge in [-0.3, -0.25) is 14.9 Å². The van der Waals surface area contributed by atoms with E-state index in [2.05, 4.69) is 10.6 Å². The molecule has 2 amide bonds. The minimum atomic E-state index is -0.443. The van der Waals surface area contributed by atoms with Gasteiger partial charge in [0.15, 0.2) is 0 Å². The van der Waals surface area contributed by atoms with Crippen LogP contribution in [0.15, 0.2) is 24.3 Å². The summed E-state index contributed by atoms with van der Waals surface area (Å²) in [4.78, 5) is 22.1. The van der Waals surface area contributed by atoms with E-state index in [9.17, 15) is 9.59 Å². The molecule has 5 nitrogen and oxygen atoms in total. The van der Waals surface area contributed by atoms with Crippen LogP contribution in [0.5, 0.6) is 5.75 Å². The van der Waals surface area contributed by atoms with Gasteiger partial charge >= 0.3 is 0 Å². The van der Waals surface area contributed by atoms with Crippen LogP contribution in [0.3, 0.4) is 0 Å². The zero-order chi connectivity index (χ0) is 11.5. The molecule has 1 aromatic carbocycles. The number of rotatable bonds is 3. The van der Waals surface area contributed by atoms with Crippen LogP contribution in [-0.2, 0) is 16.1 Å². The second kappa shape index (κ2) is 4.32. The van der Waals surface area contributed by atoms with Crippen molar-refractivity contribution in [3.05, 3.63) is 29.8 Å². The summed E-state index contributed by atoms with van der Waals surface area (Å²) in [7, 11) is 0. The predicted molar refractivity (Wildman–Crippen MR) is 56.5 cm³/mol. The van der Waals surface area contributed by atoms with Gasteiger partial charge in [-0.15, -0.1) is 0 Å². The van der Waals surface area contributed by atoms with Crippen LogP contribution in [0.1, 0.15) is 12.0 Å². The molecule has 1 aliphatic heterocycles. The van der Waals surface area contributed by atoms with Crippen molar-refractivity contribution in [3.63, 3.8) is 0 Å². The molecule has 0 aliphatic carbocycles. The molecule has 84 valence electrons. The monoisotopic (exact) mass is 220 g/mol. The van der Waals surface area contributed by atoms with E-state index in [-0.39, 0.29) is 24.0 Å². The topological polar surface area (TPSA) is 78.4 Å². The Morgan fingerprint density at radius 2 is 2.00 bits per heavy atom. The summed E-state index contributed by atoms with van der Waals surface area (Å²) in [5, 5.41) is 14.3. The standard InChI is InChI=1S/C11H12N2O3/c14-8-3-1-7(2-4-8)6-12-9-5-10(15)13-11(9)16/h1-4,9,12,14H,5-6H2,(H,13,15,16). The van der Waals surface area contributed by atoms with E-state index in [4.69, 9.17) is 5.11 Å². The third-order valence-corrected chi connectivity index (χ3v) is 2.46. The maximum absolute atomic E-state index is 11.2. The van der Waals surface area contributed by atoms with Gasteiger partial charge in [-0.05, 0) is 17.7 Å². The summed E-state index contributed by atoms with van der Waals surface area (Å²) >= 11 is 0. The number of phenols is 1. The second-order valence-corrected chi connectivity index (χ2v) is 3.72. The molecule has 0 spiro atoms. The third kappa shape index (κ3) is 2.38. The molecule has 2 rings (SSSR count). The minimum absolute atomic E-state index is 0.191. The van der Waals surface area contributed by atoms with E-state index in [0.29, 0.717) is 6.54 Å². The van der Waals surface area contributed by atoms with E-state index in [1.807, 2.05) is 0 Å². The van der Waals surface area contributed by atoms with Gasteiger partial charge < -0.3 is 10.4 Å². The van der Waals surface area contributed by atoms with Crippen LogP contribution < -0.4 is 10.6 Å². The quantitative estimate of drug-likeness (QED) is 0.621. The first-order valence-electron chi connectivity index (χ1n) is 5.00. The lowest BCUT2D eigenvalue weighted by molar-refractivity contribution is -0.125. The van der Waals surface area contributed by atoms with Gasteiger partial charge in [0, 0.05) is 6.54 Å². The second-order valence-electron chi connectivity index (χ2n) is 3.72. The van der Waals surface area contributed by atoms with Crippen molar-refractivity contribution in [3.8, 4) is 5.75 Å². The van der Waals surface area contributed by atoms with E-state index >= 15 is 0 Å². The highest BCUT2D eigenvalue weighted by atomic mass is 16.3. The lowest BCUT2D eigenvalue weighted by Crippen LogP contribution is -2.35. The maximum atomic E-state index is 11.2. The minimum Gasteiger partial charge on any atom is -0.508 e. The van der Waals surface area contributed by atoms with Crippen LogP contribution in [0.4, 0.5) is 0 Å². The van der Waals surface area contributed by atoms with Crippen molar-refractivity contribution in [1.29, 1.82) is 0 Å².